The maximum absolute atomic E-state index is 13.9. The monoisotopic (exact) mass is 569 g/mol. The van der Waals surface area contributed by atoms with Crippen LogP contribution in [0.1, 0.15) is 23.1 Å². The number of Topliss-reactive ketones (excluding diaryl/α,β-unsaturated/α-hetero) is 1. The number of halogens is 1. The third kappa shape index (κ3) is 2.56. The SMILES string of the molecule is CN(C)[C@@H]1C(O)=C(C(N)=O)C2(O)O[C@@]23C(=O)C2=C(O)c4c(O)c(CN)cc(I)c4C[C@H]2C[C@@H]13. The van der Waals surface area contributed by atoms with E-state index < -0.39 is 52.3 Å². The van der Waals surface area contributed by atoms with Crippen molar-refractivity contribution in [3.05, 3.63) is 43.2 Å². The molecule has 1 saturated carbocycles. The second-order valence-electron chi connectivity index (χ2n) is 9.27. The number of ether oxygens (including phenoxy) is 1. The summed E-state index contributed by atoms with van der Waals surface area (Å²) in [5.74, 6) is -6.32. The fraction of sp³-hybridized carbons (Fsp3) is 0.455. The van der Waals surface area contributed by atoms with E-state index >= 15 is 0 Å². The highest BCUT2D eigenvalue weighted by Crippen LogP contribution is 2.67. The normalized spacial score (nSPS) is 34.6. The number of hydrogen-bond acceptors (Lipinski definition) is 9. The summed E-state index contributed by atoms with van der Waals surface area (Å²) < 4.78 is 6.41. The van der Waals surface area contributed by atoms with E-state index in [1.54, 1.807) is 25.1 Å². The molecule has 8 N–H and O–H groups in total. The molecule has 33 heavy (non-hydrogen) atoms. The molecule has 176 valence electrons. The number of epoxide rings is 1. The molecule has 4 aliphatic rings. The van der Waals surface area contributed by atoms with Crippen LogP contribution in [0, 0.1) is 15.4 Å². The van der Waals surface area contributed by atoms with Crippen molar-refractivity contribution >= 4 is 40.0 Å². The molecule has 1 spiro atoms. The molecule has 1 amide bonds. The van der Waals surface area contributed by atoms with Gasteiger partial charge < -0.3 is 36.6 Å². The maximum atomic E-state index is 13.9. The topological polar surface area (TPSA) is 183 Å². The van der Waals surface area contributed by atoms with Crippen molar-refractivity contribution in [2.75, 3.05) is 14.1 Å². The van der Waals surface area contributed by atoms with Crippen LogP contribution in [0.4, 0.5) is 0 Å². The largest absolute Gasteiger partial charge is 0.510 e. The Bertz CT molecular complexity index is 1210. The maximum Gasteiger partial charge on any atom is 0.253 e. The molecule has 1 saturated heterocycles. The van der Waals surface area contributed by atoms with Gasteiger partial charge in [0.15, 0.2) is 5.60 Å². The van der Waals surface area contributed by atoms with Crippen LogP contribution in [-0.4, -0.2) is 68.5 Å². The number of rotatable bonds is 3. The number of fused-ring (bicyclic) bond motifs is 2. The molecule has 0 aromatic heterocycles. The number of primary amides is 1. The zero-order chi connectivity index (χ0) is 24.2. The van der Waals surface area contributed by atoms with Crippen LogP contribution < -0.4 is 11.5 Å². The minimum absolute atomic E-state index is 0.0256. The molecule has 1 aromatic carbocycles. The molecule has 0 bridgehead atoms. The number of nitrogens with zero attached hydrogens (tertiary/aromatic N) is 1. The number of aromatic hydroxyl groups is 1. The summed E-state index contributed by atoms with van der Waals surface area (Å²) in [6, 6.07) is 0.940. The van der Waals surface area contributed by atoms with Gasteiger partial charge in [0.25, 0.3) is 5.91 Å². The van der Waals surface area contributed by atoms with Crippen LogP contribution in [0.5, 0.6) is 5.75 Å². The molecule has 2 fully saturated rings. The van der Waals surface area contributed by atoms with Gasteiger partial charge in [-0.25, -0.2) is 0 Å². The van der Waals surface area contributed by atoms with E-state index in [-0.39, 0.29) is 35.6 Å². The highest BCUT2D eigenvalue weighted by molar-refractivity contribution is 14.1. The Balaban J connectivity index is 1.74. The molecule has 10 nitrogen and oxygen atoms in total. The van der Waals surface area contributed by atoms with Gasteiger partial charge in [-0.05, 0) is 67.1 Å². The molecule has 11 heteroatoms. The number of hydrogen-bond donors (Lipinski definition) is 6. The molecule has 1 aromatic rings. The lowest BCUT2D eigenvalue weighted by atomic mass is 9.58. The summed E-state index contributed by atoms with van der Waals surface area (Å²) in [5.41, 5.74) is 10.0. The smallest absolute Gasteiger partial charge is 0.253 e. The van der Waals surface area contributed by atoms with Crippen molar-refractivity contribution in [3.8, 4) is 5.75 Å². The van der Waals surface area contributed by atoms with E-state index in [1.807, 2.05) is 0 Å². The number of amides is 1. The van der Waals surface area contributed by atoms with Crippen molar-refractivity contribution in [2.45, 2.75) is 36.8 Å². The van der Waals surface area contributed by atoms with E-state index in [4.69, 9.17) is 16.2 Å². The summed E-state index contributed by atoms with van der Waals surface area (Å²) in [4.78, 5) is 27.7. The Morgan fingerprint density at radius 3 is 2.58 bits per heavy atom. The van der Waals surface area contributed by atoms with Crippen LogP contribution in [0.3, 0.4) is 0 Å². The van der Waals surface area contributed by atoms with Gasteiger partial charge in [0.2, 0.25) is 11.6 Å². The second kappa shape index (κ2) is 6.92. The predicted octanol–water partition coefficient (Wildman–Crippen LogP) is 0.185. The molecular weight excluding hydrogens is 545 g/mol. The molecule has 3 aliphatic carbocycles. The molecule has 5 rings (SSSR count). The van der Waals surface area contributed by atoms with E-state index in [2.05, 4.69) is 22.6 Å². The van der Waals surface area contributed by atoms with Gasteiger partial charge in [0, 0.05) is 27.2 Å². The lowest BCUT2D eigenvalue weighted by Crippen LogP contribution is -2.60. The third-order valence-electron chi connectivity index (χ3n) is 7.47. The molecule has 5 atom stereocenters. The fourth-order valence-corrected chi connectivity index (χ4v) is 6.95. The minimum atomic E-state index is -2.38. The first-order chi connectivity index (χ1) is 15.4. The van der Waals surface area contributed by atoms with E-state index in [0.717, 1.165) is 3.57 Å². The lowest BCUT2D eigenvalue weighted by Gasteiger charge is -2.46. The third-order valence-corrected chi connectivity index (χ3v) is 8.44. The number of carbonyl (C=O) groups excluding carboxylic acids is 2. The van der Waals surface area contributed by atoms with Crippen LogP contribution >= 0.6 is 22.6 Å². The fourth-order valence-electron chi connectivity index (χ4n) is 6.09. The molecule has 1 unspecified atom stereocenters. The Hall–Kier alpha value is -2.19. The van der Waals surface area contributed by atoms with Crippen LogP contribution in [0.2, 0.25) is 0 Å². The van der Waals surface area contributed by atoms with Crippen molar-refractivity contribution < 1.29 is 34.8 Å². The van der Waals surface area contributed by atoms with Crippen molar-refractivity contribution in [2.24, 2.45) is 23.3 Å². The standard InChI is InChI=1S/C22H24IN3O7/c1-26(2)15-10-4-7-3-9-11(23)5-8(6-24)16(27)13(9)17(28)12(7)19(30)21(10)22(32,33-21)14(18(15)29)20(25)31/h5,7,10,15,27-29,32H,3-4,6,24H2,1-2H3,(H2,25,31)/t7-,10-,15-,21-,22?/m0/s1. The number of phenols is 1. The predicted molar refractivity (Wildman–Crippen MR) is 124 cm³/mol. The van der Waals surface area contributed by atoms with E-state index in [9.17, 15) is 30.0 Å². The second-order valence-corrected chi connectivity index (χ2v) is 10.4. The van der Waals surface area contributed by atoms with Crippen LogP contribution in [-0.2, 0) is 27.3 Å². The average molecular weight is 569 g/mol. The first-order valence-electron chi connectivity index (χ1n) is 10.5. The Morgan fingerprint density at radius 2 is 2.00 bits per heavy atom. The van der Waals surface area contributed by atoms with Crippen molar-refractivity contribution in [1.82, 2.24) is 4.90 Å². The van der Waals surface area contributed by atoms with Gasteiger partial charge in [0.1, 0.15) is 22.8 Å². The summed E-state index contributed by atoms with van der Waals surface area (Å²) in [7, 11) is 3.36. The number of carbonyl (C=O) groups is 2. The molecule has 1 aliphatic heterocycles. The number of benzene rings is 1. The van der Waals surface area contributed by atoms with Crippen LogP contribution in [0.15, 0.2) is 23.0 Å². The summed E-state index contributed by atoms with van der Waals surface area (Å²) in [5, 5.41) is 44.0. The highest BCUT2D eigenvalue weighted by Gasteiger charge is 2.85. The molecule has 0 radical (unpaired) electrons. The number of nitrogens with two attached hydrogens (primary N) is 2. The van der Waals surface area contributed by atoms with Gasteiger partial charge in [0.05, 0.1) is 11.6 Å². The summed E-state index contributed by atoms with van der Waals surface area (Å²) >= 11 is 2.11. The highest BCUT2D eigenvalue weighted by atomic mass is 127. The minimum Gasteiger partial charge on any atom is -0.510 e. The molecule has 1 heterocycles. The Labute approximate surface area is 202 Å². The van der Waals surface area contributed by atoms with Gasteiger partial charge in [-0.1, -0.05) is 0 Å². The van der Waals surface area contributed by atoms with E-state index in [1.165, 1.54) is 0 Å². The average Bonchev–Trinajstić information content (AvgIpc) is 3.35. The van der Waals surface area contributed by atoms with E-state index in [0.29, 0.717) is 17.5 Å². The van der Waals surface area contributed by atoms with Gasteiger partial charge >= 0.3 is 0 Å². The summed E-state index contributed by atoms with van der Waals surface area (Å²) in [6.45, 7) is 0.0422. The van der Waals surface area contributed by atoms with Gasteiger partial charge in [-0.3, -0.25) is 14.5 Å². The zero-order valence-corrected chi connectivity index (χ0v) is 20.1. The van der Waals surface area contributed by atoms with Crippen LogP contribution in [0.25, 0.3) is 5.76 Å². The van der Waals surface area contributed by atoms with Crippen molar-refractivity contribution in [3.63, 3.8) is 0 Å². The van der Waals surface area contributed by atoms with Gasteiger partial charge in [-0.2, -0.15) is 0 Å². The number of ketones is 1. The number of phenolic OH excluding ortho intramolecular Hbond substituents is 1. The first-order valence-corrected chi connectivity index (χ1v) is 11.5. The Kier molecular flexibility index (Phi) is 4.74. The first kappa shape index (κ1) is 22.6. The number of aliphatic hydroxyl groups excluding tert-OH is 2. The summed E-state index contributed by atoms with van der Waals surface area (Å²) in [6.07, 6.45) is 0.636. The number of likely N-dealkylation sites (N-methyl/N-ethyl adjacent to an activating group) is 1. The molecular formula is C22H24IN3O7. The zero-order valence-electron chi connectivity index (χ0n) is 17.9. The lowest BCUT2D eigenvalue weighted by molar-refractivity contribution is -0.127. The quantitative estimate of drug-likeness (QED) is 0.219. The van der Waals surface area contributed by atoms with Gasteiger partial charge in [-0.15, -0.1) is 0 Å². The number of aliphatic hydroxyl groups is 3. The van der Waals surface area contributed by atoms with Crippen molar-refractivity contribution in [1.29, 1.82) is 0 Å². The Morgan fingerprint density at radius 1 is 1.33 bits per heavy atom.